The van der Waals surface area contributed by atoms with Crippen LogP contribution in [-0.4, -0.2) is 80.1 Å². The highest BCUT2D eigenvalue weighted by molar-refractivity contribution is 5.82. The number of aliphatic hydroxyl groups excluding tert-OH is 1. The molecule has 0 aliphatic rings. The molecule has 4 N–H and O–H groups in total. The molecule has 0 saturated heterocycles. The van der Waals surface area contributed by atoms with Crippen molar-refractivity contribution in [2.24, 2.45) is 10.2 Å². The van der Waals surface area contributed by atoms with E-state index >= 15 is 0 Å². The van der Waals surface area contributed by atoms with Crippen LogP contribution < -0.4 is 0 Å². The van der Waals surface area contributed by atoms with Gasteiger partial charge in [0.25, 0.3) is 0 Å². The monoisotopic (exact) mass is 556 g/mol. The quantitative estimate of drug-likeness (QED) is 0.171. The van der Waals surface area contributed by atoms with E-state index in [1.54, 1.807) is 93.9 Å². The number of phenolic OH excluding ortho intramolecular Hbond substituents is 3. The molecule has 0 aliphatic carbocycles. The number of hydrogen-bond donors (Lipinski definition) is 4. The average molecular weight is 557 g/mol. The zero-order chi connectivity index (χ0) is 29.4. The largest absolute Gasteiger partial charge is 0.508 e. The van der Waals surface area contributed by atoms with Gasteiger partial charge in [0.1, 0.15) is 17.2 Å². The van der Waals surface area contributed by atoms with Gasteiger partial charge < -0.3 is 20.4 Å². The van der Waals surface area contributed by atoms with Gasteiger partial charge in [-0.15, -0.1) is 19.8 Å². The van der Waals surface area contributed by atoms with E-state index in [1.807, 2.05) is 0 Å². The molecule has 0 radical (unpaired) electrons. The first kappa shape index (κ1) is 28.5. The number of hydrogen-bond acceptors (Lipinski definition) is 12. The van der Waals surface area contributed by atoms with E-state index in [9.17, 15) is 15.3 Å². The first-order chi connectivity index (χ1) is 19.8. The van der Waals surface area contributed by atoms with Crippen LogP contribution in [0.2, 0.25) is 0 Å². The maximum absolute atomic E-state index is 10.9. The topological polar surface area (TPSA) is 193 Å². The Balaban J connectivity index is 0.00000124. The number of nitrogens with zero attached hydrogens (tertiary/aromatic N) is 10. The summed E-state index contributed by atoms with van der Waals surface area (Å²) in [6.07, 6.45) is 3.13. The van der Waals surface area contributed by atoms with Gasteiger partial charge in [0, 0.05) is 23.7 Å². The fourth-order valence-electron chi connectivity index (χ4n) is 3.87. The molecule has 0 spiro atoms. The zero-order valence-corrected chi connectivity index (χ0v) is 22.5. The second-order valence-corrected chi connectivity index (χ2v) is 8.70. The van der Waals surface area contributed by atoms with Crippen molar-refractivity contribution in [2.45, 2.75) is 26.7 Å². The average Bonchev–Trinajstić information content (AvgIpc) is 3.57. The molecular weight excluding hydrogens is 528 g/mol. The summed E-state index contributed by atoms with van der Waals surface area (Å²) in [4.78, 5) is 2.57. The van der Waals surface area contributed by atoms with Crippen LogP contribution in [0.1, 0.15) is 52.3 Å². The summed E-state index contributed by atoms with van der Waals surface area (Å²) in [7, 11) is 0. The summed E-state index contributed by atoms with van der Waals surface area (Å²) >= 11 is 0. The van der Waals surface area contributed by atoms with Crippen LogP contribution in [0.25, 0.3) is 0 Å². The van der Waals surface area contributed by atoms with Gasteiger partial charge in [0.05, 0.1) is 12.4 Å². The molecule has 14 nitrogen and oxygen atoms in total. The highest BCUT2D eigenvalue weighted by atomic mass is 16.3. The first-order valence-corrected chi connectivity index (χ1v) is 12.4. The number of aromatic nitrogens is 8. The second kappa shape index (κ2) is 13.0. The summed E-state index contributed by atoms with van der Waals surface area (Å²) < 4.78 is 0. The lowest BCUT2D eigenvalue weighted by Gasteiger charge is -2.22. The van der Waals surface area contributed by atoms with Crippen molar-refractivity contribution < 1.29 is 20.4 Å². The summed E-state index contributed by atoms with van der Waals surface area (Å²) in [5.74, 6) is 0.548. The Labute approximate surface area is 234 Å². The standard InChI is InChI=1S/C25H22N10O3.C2H6O/c1-15-28-30-32-34(15)26-13-17-3-9-23(37)21(11-17)25(19-5-7-20(36)8-6-19)22-12-18(4-10-24(22)38)14-27-35-16(2)29-31-33-35;1-2-3/h3-14,25,36-38H,1-2H3;3H,2H2,1H3/b26-13+,27-14+;. The van der Waals surface area contributed by atoms with Crippen LogP contribution in [0.5, 0.6) is 17.2 Å². The van der Waals surface area contributed by atoms with Crippen LogP contribution in [0.15, 0.2) is 70.9 Å². The van der Waals surface area contributed by atoms with Crippen molar-refractivity contribution in [3.8, 4) is 17.2 Å². The van der Waals surface area contributed by atoms with Crippen LogP contribution >= 0.6 is 0 Å². The maximum Gasteiger partial charge on any atom is 0.173 e. The summed E-state index contributed by atoms with van der Waals surface area (Å²) in [5.41, 5.74) is 3.08. The first-order valence-electron chi connectivity index (χ1n) is 12.4. The Morgan fingerprint density at radius 1 is 0.732 bits per heavy atom. The van der Waals surface area contributed by atoms with Crippen LogP contribution in [0.4, 0.5) is 0 Å². The van der Waals surface area contributed by atoms with Gasteiger partial charge in [0.15, 0.2) is 11.6 Å². The molecule has 0 bridgehead atoms. The minimum absolute atomic E-state index is 0.0154. The molecule has 0 atom stereocenters. The lowest BCUT2D eigenvalue weighted by molar-refractivity contribution is 0.318. The highest BCUT2D eigenvalue weighted by Crippen LogP contribution is 2.41. The predicted octanol–water partition coefficient (Wildman–Crippen LogP) is 2.34. The Kier molecular flexibility index (Phi) is 9.06. The Bertz CT molecular complexity index is 1560. The minimum atomic E-state index is -0.609. The van der Waals surface area contributed by atoms with Crippen molar-refractivity contribution >= 4 is 12.4 Å². The molecular formula is C27H28N10O4. The number of phenols is 3. The normalized spacial score (nSPS) is 11.3. The fourth-order valence-corrected chi connectivity index (χ4v) is 3.87. The molecule has 3 aromatic carbocycles. The number of rotatable bonds is 7. The van der Waals surface area contributed by atoms with Crippen LogP contribution in [0.3, 0.4) is 0 Å². The van der Waals surface area contributed by atoms with E-state index in [-0.39, 0.29) is 23.9 Å². The van der Waals surface area contributed by atoms with Crippen molar-refractivity contribution in [1.29, 1.82) is 0 Å². The molecule has 2 aromatic heterocycles. The van der Waals surface area contributed by atoms with E-state index in [0.29, 0.717) is 33.9 Å². The highest BCUT2D eigenvalue weighted by Gasteiger charge is 2.24. The van der Waals surface area contributed by atoms with Gasteiger partial charge in [-0.2, -0.15) is 10.2 Å². The third-order valence-corrected chi connectivity index (χ3v) is 5.79. The zero-order valence-electron chi connectivity index (χ0n) is 22.5. The summed E-state index contributed by atoms with van der Waals surface area (Å²) in [5, 5.41) is 70.2. The van der Waals surface area contributed by atoms with E-state index in [0.717, 1.165) is 5.56 Å². The molecule has 5 rings (SSSR count). The lowest BCUT2D eigenvalue weighted by Crippen LogP contribution is -2.06. The van der Waals surface area contributed by atoms with E-state index in [1.165, 1.54) is 9.58 Å². The predicted molar refractivity (Wildman–Crippen MR) is 149 cm³/mol. The van der Waals surface area contributed by atoms with Crippen molar-refractivity contribution in [3.63, 3.8) is 0 Å². The van der Waals surface area contributed by atoms with Crippen LogP contribution in [-0.2, 0) is 0 Å². The molecule has 0 aliphatic heterocycles. The molecule has 210 valence electrons. The number of benzene rings is 3. The van der Waals surface area contributed by atoms with E-state index in [4.69, 9.17) is 5.11 Å². The Morgan fingerprint density at radius 2 is 1.17 bits per heavy atom. The maximum atomic E-state index is 10.9. The lowest BCUT2D eigenvalue weighted by atomic mass is 9.83. The third kappa shape index (κ3) is 6.93. The Morgan fingerprint density at radius 3 is 1.56 bits per heavy atom. The van der Waals surface area contributed by atoms with E-state index in [2.05, 4.69) is 41.3 Å². The van der Waals surface area contributed by atoms with Gasteiger partial charge in [-0.25, -0.2) is 0 Å². The smallest absolute Gasteiger partial charge is 0.173 e. The number of aryl methyl sites for hydroxylation is 2. The van der Waals surface area contributed by atoms with Gasteiger partial charge in [-0.3, -0.25) is 0 Å². The number of aromatic hydroxyl groups is 3. The molecule has 14 heteroatoms. The summed E-state index contributed by atoms with van der Waals surface area (Å²) in [6.45, 7) is 5.38. The fraction of sp³-hybridized carbons (Fsp3) is 0.185. The van der Waals surface area contributed by atoms with Crippen molar-refractivity contribution in [1.82, 2.24) is 40.6 Å². The molecule has 0 amide bonds. The van der Waals surface area contributed by atoms with Crippen molar-refractivity contribution in [3.05, 3.63) is 100 Å². The van der Waals surface area contributed by atoms with Crippen molar-refractivity contribution in [2.75, 3.05) is 6.61 Å². The molecule has 0 unspecified atom stereocenters. The third-order valence-electron chi connectivity index (χ3n) is 5.79. The van der Waals surface area contributed by atoms with E-state index < -0.39 is 5.92 Å². The van der Waals surface area contributed by atoms with Gasteiger partial charge in [-0.1, -0.05) is 12.1 Å². The van der Waals surface area contributed by atoms with Gasteiger partial charge in [-0.05, 0) is 107 Å². The number of aliphatic hydroxyl groups is 1. The SMILES string of the molecule is CCO.Cc1nnnn1/N=C/c1ccc(O)c(C(c2ccc(O)cc2)c2cc(/C=N/n3nnnc3C)ccc2O)c1. The number of tetrazole rings is 2. The summed E-state index contributed by atoms with van der Waals surface area (Å²) in [6, 6.07) is 16.6. The van der Waals surface area contributed by atoms with Crippen LogP contribution in [0, 0.1) is 13.8 Å². The minimum Gasteiger partial charge on any atom is -0.508 e. The molecule has 2 heterocycles. The molecule has 0 fully saturated rings. The molecule has 0 saturated carbocycles. The Hall–Kier alpha value is -5.50. The van der Waals surface area contributed by atoms with Gasteiger partial charge in [0.2, 0.25) is 0 Å². The second-order valence-electron chi connectivity index (χ2n) is 8.70. The molecule has 5 aromatic rings. The molecule has 41 heavy (non-hydrogen) atoms. The van der Waals surface area contributed by atoms with Gasteiger partial charge >= 0.3 is 0 Å².